The summed E-state index contributed by atoms with van der Waals surface area (Å²) in [5.74, 6) is -2.05. The standard InChI is InChI=1S/C18H22F3NO4/c1-16(26,15(24)25)11-22-14(23)17(8-3-2-4-9-17)12-6-5-7-13(10-12)18(19,20)21/h5-7,10,26H,2-4,8-9,11H2,1H3,(H,22,23)(H,24,25). The summed E-state index contributed by atoms with van der Waals surface area (Å²) in [7, 11) is 0. The van der Waals surface area contributed by atoms with E-state index in [0.717, 1.165) is 25.5 Å². The average Bonchev–Trinajstić information content (AvgIpc) is 2.59. The van der Waals surface area contributed by atoms with Crippen LogP contribution in [0, 0.1) is 0 Å². The zero-order valence-electron chi connectivity index (χ0n) is 14.4. The average molecular weight is 373 g/mol. The second-order valence-corrected chi connectivity index (χ2v) is 6.98. The third-order valence-corrected chi connectivity index (χ3v) is 4.94. The summed E-state index contributed by atoms with van der Waals surface area (Å²) in [4.78, 5) is 23.8. The molecule has 3 N–H and O–H groups in total. The van der Waals surface area contributed by atoms with Crippen LogP contribution >= 0.6 is 0 Å². The van der Waals surface area contributed by atoms with Gasteiger partial charge in [-0.15, -0.1) is 0 Å². The number of carboxylic acids is 1. The molecule has 0 spiro atoms. The molecule has 8 heteroatoms. The molecule has 2 rings (SSSR count). The highest BCUT2D eigenvalue weighted by Gasteiger charge is 2.43. The van der Waals surface area contributed by atoms with Crippen molar-refractivity contribution >= 4 is 11.9 Å². The van der Waals surface area contributed by atoms with Gasteiger partial charge in [0, 0.05) is 0 Å². The lowest BCUT2D eigenvalue weighted by Crippen LogP contribution is -2.52. The van der Waals surface area contributed by atoms with Crippen LogP contribution in [0.4, 0.5) is 13.2 Å². The van der Waals surface area contributed by atoms with Gasteiger partial charge in [0.1, 0.15) is 0 Å². The molecule has 1 amide bonds. The summed E-state index contributed by atoms with van der Waals surface area (Å²) >= 11 is 0. The van der Waals surface area contributed by atoms with Crippen molar-refractivity contribution < 1.29 is 33.0 Å². The van der Waals surface area contributed by atoms with E-state index in [1.54, 1.807) is 0 Å². The quantitative estimate of drug-likeness (QED) is 0.741. The molecule has 144 valence electrons. The third-order valence-electron chi connectivity index (χ3n) is 4.94. The highest BCUT2D eigenvalue weighted by Crippen LogP contribution is 2.41. The molecule has 0 aromatic heterocycles. The minimum absolute atomic E-state index is 0.263. The maximum atomic E-state index is 13.1. The number of carbonyl (C=O) groups excluding carboxylic acids is 1. The molecule has 1 aliphatic carbocycles. The van der Waals surface area contributed by atoms with Crippen molar-refractivity contribution in [2.45, 2.75) is 56.2 Å². The predicted molar refractivity (Wildman–Crippen MR) is 87.5 cm³/mol. The number of nitrogens with one attached hydrogen (secondary N) is 1. The summed E-state index contributed by atoms with van der Waals surface area (Å²) in [5.41, 5.74) is -3.88. The van der Waals surface area contributed by atoms with Crippen LogP contribution < -0.4 is 5.32 Å². The highest BCUT2D eigenvalue weighted by molar-refractivity contribution is 5.89. The number of halogens is 3. The lowest BCUT2D eigenvalue weighted by Gasteiger charge is -2.37. The third kappa shape index (κ3) is 4.17. The molecule has 5 nitrogen and oxygen atoms in total. The summed E-state index contributed by atoms with van der Waals surface area (Å²) in [6.07, 6.45) is -1.54. The largest absolute Gasteiger partial charge is 0.479 e. The van der Waals surface area contributed by atoms with E-state index in [9.17, 15) is 27.9 Å². The van der Waals surface area contributed by atoms with Crippen LogP contribution in [0.2, 0.25) is 0 Å². The lowest BCUT2D eigenvalue weighted by atomic mass is 9.68. The molecule has 1 fully saturated rings. The van der Waals surface area contributed by atoms with Gasteiger partial charge in [-0.05, 0) is 31.4 Å². The van der Waals surface area contributed by atoms with E-state index in [1.807, 2.05) is 0 Å². The van der Waals surface area contributed by atoms with Crippen LogP contribution in [0.3, 0.4) is 0 Å². The first kappa shape index (κ1) is 20.2. The number of hydrogen-bond acceptors (Lipinski definition) is 3. The van der Waals surface area contributed by atoms with Crippen LogP contribution in [0.1, 0.15) is 50.2 Å². The molecule has 0 heterocycles. The molecule has 0 bridgehead atoms. The topological polar surface area (TPSA) is 86.6 Å². The first-order valence-electron chi connectivity index (χ1n) is 8.41. The first-order chi connectivity index (χ1) is 12.0. The number of amides is 1. The van der Waals surface area contributed by atoms with E-state index in [2.05, 4.69) is 5.32 Å². The molecule has 0 radical (unpaired) electrons. The fourth-order valence-corrected chi connectivity index (χ4v) is 3.29. The number of alkyl halides is 3. The molecule has 0 aliphatic heterocycles. The molecule has 26 heavy (non-hydrogen) atoms. The molecular formula is C18H22F3NO4. The number of carboxylic acid groups (broad SMARTS) is 1. The second-order valence-electron chi connectivity index (χ2n) is 6.98. The molecular weight excluding hydrogens is 351 g/mol. The molecule has 1 aromatic rings. The van der Waals surface area contributed by atoms with Crippen molar-refractivity contribution in [1.82, 2.24) is 5.32 Å². The Bertz CT molecular complexity index is 679. The van der Waals surface area contributed by atoms with E-state index in [-0.39, 0.29) is 5.56 Å². The Morgan fingerprint density at radius 2 is 1.81 bits per heavy atom. The Morgan fingerprint density at radius 1 is 1.19 bits per heavy atom. The number of benzene rings is 1. The molecule has 1 aliphatic rings. The maximum Gasteiger partial charge on any atom is 0.416 e. The maximum absolute atomic E-state index is 13.1. The molecule has 1 saturated carbocycles. The highest BCUT2D eigenvalue weighted by atomic mass is 19.4. The zero-order valence-corrected chi connectivity index (χ0v) is 14.4. The Hall–Kier alpha value is -2.09. The minimum atomic E-state index is -4.52. The van der Waals surface area contributed by atoms with Crippen LogP contribution in [0.25, 0.3) is 0 Å². The Kier molecular flexibility index (Phi) is 5.65. The number of aliphatic hydroxyl groups is 1. The predicted octanol–water partition coefficient (Wildman–Crippen LogP) is 2.86. The summed E-state index contributed by atoms with van der Waals surface area (Å²) in [5, 5.41) is 21.1. The van der Waals surface area contributed by atoms with Gasteiger partial charge in [-0.1, -0.05) is 37.5 Å². The lowest BCUT2D eigenvalue weighted by molar-refractivity contribution is -0.156. The van der Waals surface area contributed by atoms with Gasteiger partial charge in [-0.25, -0.2) is 4.79 Å². The van der Waals surface area contributed by atoms with Crippen molar-refractivity contribution in [2.75, 3.05) is 6.54 Å². The van der Waals surface area contributed by atoms with Crippen molar-refractivity contribution in [3.63, 3.8) is 0 Å². The van der Waals surface area contributed by atoms with Crippen LogP contribution in [0.5, 0.6) is 0 Å². The van der Waals surface area contributed by atoms with Gasteiger partial charge in [0.25, 0.3) is 0 Å². The van der Waals surface area contributed by atoms with Crippen molar-refractivity contribution in [3.05, 3.63) is 35.4 Å². The fraction of sp³-hybridized carbons (Fsp3) is 0.556. The van der Waals surface area contributed by atoms with Gasteiger partial charge in [-0.3, -0.25) is 4.79 Å². The summed E-state index contributed by atoms with van der Waals surface area (Å²) < 4.78 is 39.2. The minimum Gasteiger partial charge on any atom is -0.479 e. The molecule has 1 aromatic carbocycles. The Morgan fingerprint density at radius 3 is 2.35 bits per heavy atom. The summed E-state index contributed by atoms with van der Waals surface area (Å²) in [6, 6.07) is 4.71. The fourth-order valence-electron chi connectivity index (χ4n) is 3.29. The van der Waals surface area contributed by atoms with Crippen LogP contribution in [-0.2, 0) is 21.2 Å². The monoisotopic (exact) mass is 373 g/mol. The van der Waals surface area contributed by atoms with E-state index in [4.69, 9.17) is 5.11 Å². The number of aliphatic carboxylic acids is 1. The van der Waals surface area contributed by atoms with Gasteiger partial charge < -0.3 is 15.5 Å². The van der Waals surface area contributed by atoms with Gasteiger partial charge in [0.15, 0.2) is 5.60 Å². The Labute approximate surface area is 149 Å². The smallest absolute Gasteiger partial charge is 0.416 e. The Balaban J connectivity index is 2.34. The van der Waals surface area contributed by atoms with Crippen molar-refractivity contribution in [1.29, 1.82) is 0 Å². The second kappa shape index (κ2) is 7.26. The first-order valence-corrected chi connectivity index (χ1v) is 8.41. The van der Waals surface area contributed by atoms with E-state index >= 15 is 0 Å². The van der Waals surface area contributed by atoms with E-state index in [0.29, 0.717) is 25.7 Å². The molecule has 1 atom stereocenters. The summed E-state index contributed by atoms with van der Waals surface area (Å²) in [6.45, 7) is 0.523. The van der Waals surface area contributed by atoms with Gasteiger partial charge in [-0.2, -0.15) is 13.2 Å². The normalized spacial score (nSPS) is 19.4. The molecule has 1 unspecified atom stereocenters. The zero-order chi connectivity index (χ0) is 19.6. The number of hydrogen-bond donors (Lipinski definition) is 3. The van der Waals surface area contributed by atoms with Gasteiger partial charge in [0.2, 0.25) is 5.91 Å². The van der Waals surface area contributed by atoms with Crippen molar-refractivity contribution in [3.8, 4) is 0 Å². The number of carbonyl (C=O) groups is 2. The number of rotatable bonds is 5. The van der Waals surface area contributed by atoms with Crippen LogP contribution in [0.15, 0.2) is 24.3 Å². The van der Waals surface area contributed by atoms with E-state index < -0.39 is 41.2 Å². The van der Waals surface area contributed by atoms with Crippen molar-refractivity contribution in [2.24, 2.45) is 0 Å². The van der Waals surface area contributed by atoms with Gasteiger partial charge >= 0.3 is 12.1 Å². The van der Waals surface area contributed by atoms with Crippen LogP contribution in [-0.4, -0.2) is 34.2 Å². The van der Waals surface area contributed by atoms with E-state index in [1.165, 1.54) is 12.1 Å². The molecule has 0 saturated heterocycles. The van der Waals surface area contributed by atoms with Gasteiger partial charge in [0.05, 0.1) is 17.5 Å². The SMILES string of the molecule is CC(O)(CNC(=O)C1(c2cccc(C(F)(F)F)c2)CCCCC1)C(=O)O.